The minimum atomic E-state index is -0.853. The lowest BCUT2D eigenvalue weighted by Gasteiger charge is -2.36. The lowest BCUT2D eigenvalue weighted by Crippen LogP contribution is -2.48. The van der Waals surface area contributed by atoms with Gasteiger partial charge in [0, 0.05) is 0 Å². The molecule has 2 unspecified atom stereocenters. The molecule has 1 saturated heterocycles. The van der Waals surface area contributed by atoms with E-state index in [-0.39, 0.29) is 18.3 Å². The van der Waals surface area contributed by atoms with Gasteiger partial charge in [-0.05, 0) is 31.4 Å². The van der Waals surface area contributed by atoms with Gasteiger partial charge in [0.1, 0.15) is 16.7 Å². The first-order chi connectivity index (χ1) is 8.99. The van der Waals surface area contributed by atoms with Crippen LogP contribution < -0.4 is 0 Å². The van der Waals surface area contributed by atoms with Crippen LogP contribution in [-0.2, 0) is 11.3 Å². The number of hydrogen-bond donors (Lipinski definition) is 1. The van der Waals surface area contributed by atoms with E-state index in [9.17, 15) is 20.0 Å². The molecule has 1 N–H and O–H groups in total. The minimum Gasteiger partial charge on any atom is -0.480 e. The SMILES string of the molecule is CC1CCCN(Cc2ccc([N+](=O)[O-])o2)C1C(=O)O. The predicted molar refractivity (Wildman–Crippen MR) is 65.6 cm³/mol. The summed E-state index contributed by atoms with van der Waals surface area (Å²) in [4.78, 5) is 23.0. The fraction of sp³-hybridized carbons (Fsp3) is 0.583. The molecule has 2 rings (SSSR count). The highest BCUT2D eigenvalue weighted by molar-refractivity contribution is 5.74. The molecule has 2 heterocycles. The molecule has 1 aliphatic heterocycles. The lowest BCUT2D eigenvalue weighted by molar-refractivity contribution is -0.402. The van der Waals surface area contributed by atoms with E-state index in [1.54, 1.807) is 4.90 Å². The Labute approximate surface area is 110 Å². The number of carbonyl (C=O) groups is 1. The third-order valence-corrected chi connectivity index (χ3v) is 3.48. The van der Waals surface area contributed by atoms with Gasteiger partial charge in [-0.3, -0.25) is 19.8 Å². The second-order valence-corrected chi connectivity index (χ2v) is 4.87. The Morgan fingerprint density at radius 1 is 1.63 bits per heavy atom. The number of piperidine rings is 1. The van der Waals surface area contributed by atoms with Crippen molar-refractivity contribution >= 4 is 11.9 Å². The van der Waals surface area contributed by atoms with Gasteiger partial charge in [0.05, 0.1) is 12.6 Å². The van der Waals surface area contributed by atoms with E-state index in [0.717, 1.165) is 12.8 Å². The predicted octanol–water partition coefficient (Wildman–Crippen LogP) is 1.87. The van der Waals surface area contributed by atoms with Gasteiger partial charge in [-0.15, -0.1) is 0 Å². The first kappa shape index (κ1) is 13.5. The fourth-order valence-electron chi connectivity index (χ4n) is 2.60. The summed E-state index contributed by atoms with van der Waals surface area (Å²) in [7, 11) is 0. The monoisotopic (exact) mass is 268 g/mol. The van der Waals surface area contributed by atoms with Crippen molar-refractivity contribution in [3.8, 4) is 0 Å². The summed E-state index contributed by atoms with van der Waals surface area (Å²) in [5.74, 6) is -0.677. The van der Waals surface area contributed by atoms with Crippen molar-refractivity contribution in [1.29, 1.82) is 0 Å². The molecule has 104 valence electrons. The number of likely N-dealkylation sites (tertiary alicyclic amines) is 1. The first-order valence-electron chi connectivity index (χ1n) is 6.19. The van der Waals surface area contributed by atoms with Gasteiger partial charge >= 0.3 is 11.9 Å². The number of hydrogen-bond acceptors (Lipinski definition) is 5. The number of carboxylic acids is 1. The maximum Gasteiger partial charge on any atom is 0.433 e. The van der Waals surface area contributed by atoms with Crippen molar-refractivity contribution in [3.63, 3.8) is 0 Å². The zero-order chi connectivity index (χ0) is 14.0. The molecule has 0 radical (unpaired) electrons. The topological polar surface area (TPSA) is 96.8 Å². The average molecular weight is 268 g/mol. The van der Waals surface area contributed by atoms with Crippen LogP contribution in [0.1, 0.15) is 25.5 Å². The number of aliphatic carboxylic acids is 1. The van der Waals surface area contributed by atoms with Gasteiger partial charge in [-0.25, -0.2) is 0 Å². The van der Waals surface area contributed by atoms with E-state index in [2.05, 4.69) is 0 Å². The molecule has 1 aliphatic rings. The third-order valence-electron chi connectivity index (χ3n) is 3.48. The molecular formula is C12H16N2O5. The van der Waals surface area contributed by atoms with E-state index >= 15 is 0 Å². The summed E-state index contributed by atoms with van der Waals surface area (Å²) < 4.78 is 5.08. The van der Waals surface area contributed by atoms with Crippen LogP contribution in [0, 0.1) is 16.0 Å². The third kappa shape index (κ3) is 2.93. The van der Waals surface area contributed by atoms with Crippen LogP contribution in [0.5, 0.6) is 0 Å². The van der Waals surface area contributed by atoms with Crippen LogP contribution in [0.25, 0.3) is 0 Å². The standard InChI is InChI=1S/C12H16N2O5/c1-8-3-2-6-13(11(8)12(15)16)7-9-4-5-10(19-9)14(17)18/h4-5,8,11H,2-3,6-7H2,1H3,(H,15,16). The Morgan fingerprint density at radius 2 is 2.37 bits per heavy atom. The zero-order valence-corrected chi connectivity index (χ0v) is 10.6. The molecule has 0 aliphatic carbocycles. The quantitative estimate of drug-likeness (QED) is 0.661. The maximum absolute atomic E-state index is 11.3. The Balaban J connectivity index is 2.11. The van der Waals surface area contributed by atoms with Gasteiger partial charge in [-0.2, -0.15) is 0 Å². The molecular weight excluding hydrogens is 252 g/mol. The van der Waals surface area contributed by atoms with Crippen molar-refractivity contribution in [1.82, 2.24) is 4.90 Å². The summed E-state index contributed by atoms with van der Waals surface area (Å²) in [6.07, 6.45) is 1.81. The van der Waals surface area contributed by atoms with Gasteiger partial charge in [0.25, 0.3) is 0 Å². The minimum absolute atomic E-state index is 0.0659. The second-order valence-electron chi connectivity index (χ2n) is 4.87. The highest BCUT2D eigenvalue weighted by atomic mass is 16.6. The van der Waals surface area contributed by atoms with Gasteiger partial charge in [-0.1, -0.05) is 6.92 Å². The Kier molecular flexibility index (Phi) is 3.84. The molecule has 1 aromatic heterocycles. The van der Waals surface area contributed by atoms with Gasteiger partial charge < -0.3 is 9.52 Å². The molecule has 0 spiro atoms. The second kappa shape index (κ2) is 5.40. The summed E-state index contributed by atoms with van der Waals surface area (Å²) in [6.45, 7) is 2.86. The number of rotatable bonds is 4. The van der Waals surface area contributed by atoms with E-state index in [1.807, 2.05) is 6.92 Å². The zero-order valence-electron chi connectivity index (χ0n) is 10.6. The smallest absolute Gasteiger partial charge is 0.433 e. The molecule has 19 heavy (non-hydrogen) atoms. The largest absolute Gasteiger partial charge is 0.480 e. The van der Waals surface area contributed by atoms with E-state index < -0.39 is 16.9 Å². The molecule has 1 aromatic rings. The van der Waals surface area contributed by atoms with Crippen molar-refractivity contribution < 1.29 is 19.2 Å². The Hall–Kier alpha value is -1.89. The van der Waals surface area contributed by atoms with E-state index in [1.165, 1.54) is 12.1 Å². The number of carboxylic acid groups (broad SMARTS) is 1. The molecule has 7 heteroatoms. The highest BCUT2D eigenvalue weighted by Gasteiger charge is 2.34. The van der Waals surface area contributed by atoms with Crippen molar-refractivity contribution in [2.45, 2.75) is 32.4 Å². The lowest BCUT2D eigenvalue weighted by atomic mass is 9.91. The summed E-state index contributed by atoms with van der Waals surface area (Å²) in [5, 5.41) is 19.8. The van der Waals surface area contributed by atoms with Crippen molar-refractivity contribution in [2.75, 3.05) is 6.54 Å². The van der Waals surface area contributed by atoms with Crippen LogP contribution in [0.2, 0.25) is 0 Å². The molecule has 2 atom stereocenters. The summed E-state index contributed by atoms with van der Waals surface area (Å²) in [5.41, 5.74) is 0. The van der Waals surface area contributed by atoms with Crippen LogP contribution in [0.3, 0.4) is 0 Å². The number of nitro groups is 1. The van der Waals surface area contributed by atoms with Crippen LogP contribution in [0.15, 0.2) is 16.5 Å². The Bertz CT molecular complexity index is 484. The van der Waals surface area contributed by atoms with Crippen LogP contribution in [0.4, 0.5) is 5.88 Å². The van der Waals surface area contributed by atoms with Gasteiger partial charge in [0.15, 0.2) is 0 Å². The normalized spacial score (nSPS) is 24.3. The van der Waals surface area contributed by atoms with E-state index in [4.69, 9.17) is 4.42 Å². The van der Waals surface area contributed by atoms with Crippen molar-refractivity contribution in [3.05, 3.63) is 28.0 Å². The average Bonchev–Trinajstić information content (AvgIpc) is 2.77. The Morgan fingerprint density at radius 3 is 2.95 bits per heavy atom. The fourth-order valence-corrected chi connectivity index (χ4v) is 2.60. The van der Waals surface area contributed by atoms with Crippen molar-refractivity contribution in [2.24, 2.45) is 5.92 Å². The molecule has 0 amide bonds. The molecule has 1 fully saturated rings. The number of nitrogens with zero attached hydrogens (tertiary/aromatic N) is 2. The number of furan rings is 1. The molecule has 0 aromatic carbocycles. The van der Waals surface area contributed by atoms with Gasteiger partial charge in [0.2, 0.25) is 0 Å². The molecule has 0 bridgehead atoms. The van der Waals surface area contributed by atoms with Crippen LogP contribution >= 0.6 is 0 Å². The highest BCUT2D eigenvalue weighted by Crippen LogP contribution is 2.26. The molecule has 0 saturated carbocycles. The van der Waals surface area contributed by atoms with Crippen LogP contribution in [-0.4, -0.2) is 33.5 Å². The first-order valence-corrected chi connectivity index (χ1v) is 6.19. The van der Waals surface area contributed by atoms with E-state index in [0.29, 0.717) is 12.3 Å². The summed E-state index contributed by atoms with van der Waals surface area (Å²) >= 11 is 0. The maximum atomic E-state index is 11.3. The molecule has 7 nitrogen and oxygen atoms in total. The summed E-state index contributed by atoms with van der Waals surface area (Å²) in [6, 6.07) is 2.26.